The van der Waals surface area contributed by atoms with Gasteiger partial charge in [-0.2, -0.15) is 0 Å². The van der Waals surface area contributed by atoms with Gasteiger partial charge < -0.3 is 15.5 Å². The van der Waals surface area contributed by atoms with Crippen LogP contribution in [0.25, 0.3) is 0 Å². The average molecular weight is 235 g/mol. The van der Waals surface area contributed by atoms with E-state index in [4.69, 9.17) is 0 Å². The Kier molecular flexibility index (Phi) is 5.49. The lowest BCUT2D eigenvalue weighted by molar-refractivity contribution is -0.119. The molecule has 1 aromatic rings. The fourth-order valence-corrected chi connectivity index (χ4v) is 1.42. The van der Waals surface area contributed by atoms with Crippen molar-refractivity contribution in [3.8, 4) is 0 Å². The van der Waals surface area contributed by atoms with Crippen LogP contribution in [0.4, 0.5) is 5.69 Å². The van der Waals surface area contributed by atoms with Crippen LogP contribution in [0, 0.1) is 6.92 Å². The Balaban J connectivity index is 2.24. The van der Waals surface area contributed by atoms with Crippen LogP contribution in [0.3, 0.4) is 0 Å². The number of amides is 1. The van der Waals surface area contributed by atoms with Crippen molar-refractivity contribution in [1.82, 2.24) is 10.2 Å². The summed E-state index contributed by atoms with van der Waals surface area (Å²) in [5.74, 6) is 0.0216. The predicted molar refractivity (Wildman–Crippen MR) is 71.2 cm³/mol. The monoisotopic (exact) mass is 235 g/mol. The van der Waals surface area contributed by atoms with E-state index in [9.17, 15) is 4.79 Å². The van der Waals surface area contributed by atoms with Gasteiger partial charge in [-0.05, 0) is 38.7 Å². The largest absolute Gasteiger partial charge is 0.376 e. The second-order valence-electron chi connectivity index (χ2n) is 4.38. The molecule has 1 rings (SSSR count). The van der Waals surface area contributed by atoms with Crippen LogP contribution < -0.4 is 10.6 Å². The van der Waals surface area contributed by atoms with Crippen molar-refractivity contribution in [2.45, 2.75) is 6.92 Å². The molecule has 0 aromatic heterocycles. The second-order valence-corrected chi connectivity index (χ2v) is 4.38. The molecular weight excluding hydrogens is 214 g/mol. The summed E-state index contributed by atoms with van der Waals surface area (Å²) >= 11 is 0. The fourth-order valence-electron chi connectivity index (χ4n) is 1.42. The van der Waals surface area contributed by atoms with E-state index in [1.807, 2.05) is 50.2 Å². The first-order valence-corrected chi connectivity index (χ1v) is 5.80. The van der Waals surface area contributed by atoms with Gasteiger partial charge in [0.15, 0.2) is 0 Å². The number of benzene rings is 1. The molecule has 0 bridgehead atoms. The quantitative estimate of drug-likeness (QED) is 0.775. The molecule has 0 spiro atoms. The van der Waals surface area contributed by atoms with Crippen molar-refractivity contribution in [2.24, 2.45) is 0 Å². The van der Waals surface area contributed by atoms with E-state index in [1.165, 1.54) is 5.56 Å². The molecule has 4 nitrogen and oxygen atoms in total. The molecule has 0 saturated heterocycles. The summed E-state index contributed by atoms with van der Waals surface area (Å²) in [5, 5.41) is 5.95. The van der Waals surface area contributed by atoms with Gasteiger partial charge in [0.2, 0.25) is 5.91 Å². The fraction of sp³-hybridized carbons (Fsp3) is 0.462. The maximum absolute atomic E-state index is 11.5. The zero-order chi connectivity index (χ0) is 12.7. The minimum absolute atomic E-state index is 0.0216. The average Bonchev–Trinajstić information content (AvgIpc) is 2.26. The summed E-state index contributed by atoms with van der Waals surface area (Å²) in [7, 11) is 3.97. The van der Waals surface area contributed by atoms with E-state index < -0.39 is 0 Å². The Morgan fingerprint density at radius 2 is 2.12 bits per heavy atom. The summed E-state index contributed by atoms with van der Waals surface area (Å²) in [5.41, 5.74) is 2.16. The molecule has 4 heteroatoms. The van der Waals surface area contributed by atoms with Gasteiger partial charge in [-0.15, -0.1) is 0 Å². The lowest BCUT2D eigenvalue weighted by Gasteiger charge is -2.11. The molecule has 1 aromatic carbocycles. The Morgan fingerprint density at radius 3 is 2.76 bits per heavy atom. The Morgan fingerprint density at radius 1 is 1.35 bits per heavy atom. The Bertz CT molecular complexity index is 363. The van der Waals surface area contributed by atoms with E-state index in [2.05, 4.69) is 10.6 Å². The van der Waals surface area contributed by atoms with Gasteiger partial charge >= 0.3 is 0 Å². The van der Waals surface area contributed by atoms with E-state index in [0.29, 0.717) is 13.1 Å². The SMILES string of the molecule is Cc1cccc(NCC(=O)NCCN(C)C)c1. The van der Waals surface area contributed by atoms with E-state index in [0.717, 1.165) is 12.2 Å². The van der Waals surface area contributed by atoms with Crippen LogP contribution in [-0.2, 0) is 4.79 Å². The van der Waals surface area contributed by atoms with Crippen LogP contribution in [0.15, 0.2) is 24.3 Å². The lowest BCUT2D eigenvalue weighted by Crippen LogP contribution is -2.35. The Labute approximate surface area is 103 Å². The highest BCUT2D eigenvalue weighted by Gasteiger charge is 2.00. The highest BCUT2D eigenvalue weighted by Crippen LogP contribution is 2.08. The highest BCUT2D eigenvalue weighted by molar-refractivity contribution is 5.80. The number of aryl methyl sites for hydroxylation is 1. The minimum Gasteiger partial charge on any atom is -0.376 e. The van der Waals surface area contributed by atoms with Gasteiger partial charge in [-0.3, -0.25) is 4.79 Å². The zero-order valence-electron chi connectivity index (χ0n) is 10.8. The summed E-state index contributed by atoms with van der Waals surface area (Å²) in [6.07, 6.45) is 0. The topological polar surface area (TPSA) is 44.4 Å². The molecular formula is C13H21N3O. The van der Waals surface area contributed by atoms with Crippen molar-refractivity contribution in [3.63, 3.8) is 0 Å². The van der Waals surface area contributed by atoms with Crippen LogP contribution in [0.1, 0.15) is 5.56 Å². The molecule has 1 amide bonds. The smallest absolute Gasteiger partial charge is 0.239 e. The zero-order valence-corrected chi connectivity index (χ0v) is 10.8. The van der Waals surface area contributed by atoms with Gasteiger partial charge in [0.05, 0.1) is 6.54 Å². The predicted octanol–water partition coefficient (Wildman–Crippen LogP) is 1.08. The summed E-state index contributed by atoms with van der Waals surface area (Å²) in [4.78, 5) is 13.5. The third-order valence-electron chi connectivity index (χ3n) is 2.35. The van der Waals surface area contributed by atoms with E-state index >= 15 is 0 Å². The first-order chi connectivity index (χ1) is 8.08. The third kappa shape index (κ3) is 5.92. The first-order valence-electron chi connectivity index (χ1n) is 5.80. The number of carbonyl (C=O) groups excluding carboxylic acids is 1. The van der Waals surface area contributed by atoms with E-state index in [1.54, 1.807) is 0 Å². The third-order valence-corrected chi connectivity index (χ3v) is 2.35. The summed E-state index contributed by atoms with van der Waals surface area (Å²) in [6.45, 7) is 3.89. The maximum atomic E-state index is 11.5. The molecule has 0 aliphatic rings. The number of hydrogen-bond acceptors (Lipinski definition) is 3. The van der Waals surface area contributed by atoms with Crippen LogP contribution in [0.5, 0.6) is 0 Å². The number of likely N-dealkylation sites (N-methyl/N-ethyl adjacent to an activating group) is 1. The van der Waals surface area contributed by atoms with Gasteiger partial charge in [0.25, 0.3) is 0 Å². The minimum atomic E-state index is 0.0216. The highest BCUT2D eigenvalue weighted by atomic mass is 16.1. The van der Waals surface area contributed by atoms with Gasteiger partial charge in [0.1, 0.15) is 0 Å². The normalized spacial score (nSPS) is 10.4. The van der Waals surface area contributed by atoms with Gasteiger partial charge in [-0.1, -0.05) is 12.1 Å². The number of rotatable bonds is 6. The van der Waals surface area contributed by atoms with Gasteiger partial charge in [0, 0.05) is 18.8 Å². The molecule has 0 atom stereocenters. The van der Waals surface area contributed by atoms with Crippen LogP contribution in [-0.4, -0.2) is 44.5 Å². The molecule has 94 valence electrons. The number of anilines is 1. The Hall–Kier alpha value is -1.55. The van der Waals surface area contributed by atoms with E-state index in [-0.39, 0.29) is 5.91 Å². The number of nitrogens with one attached hydrogen (secondary N) is 2. The standard InChI is InChI=1S/C13H21N3O/c1-11-5-4-6-12(9-11)15-10-13(17)14-7-8-16(2)3/h4-6,9,15H,7-8,10H2,1-3H3,(H,14,17). The first kappa shape index (κ1) is 13.5. The molecule has 0 radical (unpaired) electrons. The van der Waals surface area contributed by atoms with Crippen molar-refractivity contribution < 1.29 is 4.79 Å². The van der Waals surface area contributed by atoms with Crippen LogP contribution >= 0.6 is 0 Å². The molecule has 0 aliphatic carbocycles. The maximum Gasteiger partial charge on any atom is 0.239 e. The van der Waals surface area contributed by atoms with Crippen molar-refractivity contribution >= 4 is 11.6 Å². The van der Waals surface area contributed by atoms with Crippen molar-refractivity contribution in [2.75, 3.05) is 39.0 Å². The molecule has 0 unspecified atom stereocenters. The molecule has 0 saturated carbocycles. The van der Waals surface area contributed by atoms with Crippen molar-refractivity contribution in [1.29, 1.82) is 0 Å². The van der Waals surface area contributed by atoms with Crippen LogP contribution in [0.2, 0.25) is 0 Å². The molecule has 2 N–H and O–H groups in total. The molecule has 0 aliphatic heterocycles. The number of nitrogens with zero attached hydrogens (tertiary/aromatic N) is 1. The number of hydrogen-bond donors (Lipinski definition) is 2. The number of carbonyl (C=O) groups is 1. The van der Waals surface area contributed by atoms with Crippen molar-refractivity contribution in [3.05, 3.63) is 29.8 Å². The molecule has 0 heterocycles. The molecule has 0 fully saturated rings. The summed E-state index contributed by atoms with van der Waals surface area (Å²) in [6, 6.07) is 7.98. The lowest BCUT2D eigenvalue weighted by atomic mass is 10.2. The summed E-state index contributed by atoms with van der Waals surface area (Å²) < 4.78 is 0. The second kappa shape index (κ2) is 6.91. The molecule has 17 heavy (non-hydrogen) atoms. The van der Waals surface area contributed by atoms with Gasteiger partial charge in [-0.25, -0.2) is 0 Å².